The molecule has 0 fully saturated rings. The predicted molar refractivity (Wildman–Crippen MR) is 292 cm³/mol. The number of nitrogens with zero attached hydrogens (tertiary/aromatic N) is 7. The maximum absolute atomic E-state index is 6.87. The molecule has 0 atom stereocenters. The van der Waals surface area contributed by atoms with Gasteiger partial charge in [-0.05, 0) is 66.7 Å². The fourth-order valence-corrected chi connectivity index (χ4v) is 12.1. The van der Waals surface area contributed by atoms with Crippen LogP contribution >= 0.6 is 0 Å². The number of rotatable bonds is 4. The molecule has 72 heavy (non-hydrogen) atoms. The smallest absolute Gasteiger partial charge is 0.241 e. The number of aromatic nitrogens is 7. The van der Waals surface area contributed by atoms with E-state index in [1.165, 1.54) is 10.8 Å². The molecule has 7 aromatic heterocycles. The van der Waals surface area contributed by atoms with Crippen molar-refractivity contribution in [3.05, 3.63) is 212 Å². The van der Waals surface area contributed by atoms with Crippen molar-refractivity contribution < 1.29 is 8.83 Å². The highest BCUT2D eigenvalue weighted by Crippen LogP contribution is 2.45. The highest BCUT2D eigenvalue weighted by Gasteiger charge is 2.27. The van der Waals surface area contributed by atoms with Crippen LogP contribution in [0.1, 0.15) is 0 Å². The summed E-state index contributed by atoms with van der Waals surface area (Å²) in [6, 6.07) is 74.6. The molecule has 0 aliphatic carbocycles. The van der Waals surface area contributed by atoms with Crippen molar-refractivity contribution in [3.8, 4) is 23.5 Å². The van der Waals surface area contributed by atoms with E-state index >= 15 is 0 Å². The first-order valence-electron chi connectivity index (χ1n) is 24.2. The zero-order valence-electron chi connectivity index (χ0n) is 38.2. The van der Waals surface area contributed by atoms with Crippen LogP contribution in [-0.4, -0.2) is 33.2 Å². The summed E-state index contributed by atoms with van der Waals surface area (Å²) in [5.41, 5.74) is 12.1. The van der Waals surface area contributed by atoms with Crippen LogP contribution < -0.4 is 0 Å². The van der Waals surface area contributed by atoms with Gasteiger partial charge in [0.05, 0.1) is 33.1 Å². The Morgan fingerprint density at radius 2 is 0.625 bits per heavy atom. The van der Waals surface area contributed by atoms with Crippen molar-refractivity contribution >= 4 is 131 Å². The fraction of sp³-hybridized carbons (Fsp3) is 0. The molecule has 0 radical (unpaired) electrons. The molecule has 0 saturated carbocycles. The molecule has 7 heterocycles. The number of furan rings is 2. The maximum atomic E-state index is 6.87. The van der Waals surface area contributed by atoms with Gasteiger partial charge in [-0.25, -0.2) is 0 Å². The van der Waals surface area contributed by atoms with Crippen molar-refractivity contribution in [1.29, 1.82) is 0 Å². The van der Waals surface area contributed by atoms with E-state index in [1.807, 2.05) is 24.3 Å². The van der Waals surface area contributed by atoms with Gasteiger partial charge >= 0.3 is 0 Å². The third-order valence-electron chi connectivity index (χ3n) is 15.0. The first-order chi connectivity index (χ1) is 35.7. The van der Waals surface area contributed by atoms with Gasteiger partial charge in [0.2, 0.25) is 17.8 Å². The topological polar surface area (TPSA) is 84.7 Å². The van der Waals surface area contributed by atoms with Gasteiger partial charge in [0, 0.05) is 70.3 Å². The van der Waals surface area contributed by atoms with Crippen LogP contribution in [0.15, 0.2) is 221 Å². The molecular formula is C63H35N7O2. The van der Waals surface area contributed by atoms with Gasteiger partial charge < -0.3 is 13.4 Å². The van der Waals surface area contributed by atoms with E-state index in [2.05, 4.69) is 206 Å². The second kappa shape index (κ2) is 13.8. The largest absolute Gasteiger partial charge is 0.454 e. The van der Waals surface area contributed by atoms with E-state index in [4.69, 9.17) is 23.8 Å². The Kier molecular flexibility index (Phi) is 7.29. The lowest BCUT2D eigenvalue weighted by Crippen LogP contribution is -2.13. The molecule has 0 N–H and O–H groups in total. The Labute approximate surface area is 407 Å². The van der Waals surface area contributed by atoms with Crippen LogP contribution in [-0.2, 0) is 0 Å². The number of hydrogen-bond donors (Lipinski definition) is 0. The molecule has 0 aliphatic rings. The Hall–Kier alpha value is -9.99. The lowest BCUT2D eigenvalue weighted by molar-refractivity contribution is 0.670. The molecule has 10 aromatic carbocycles. The second-order valence-corrected chi connectivity index (χ2v) is 18.7. The molecule has 9 heteroatoms. The molecule has 17 aromatic rings. The average Bonchev–Trinajstić information content (AvgIpc) is 4.29. The summed E-state index contributed by atoms with van der Waals surface area (Å²) in [5.74, 6) is 1.36. The van der Waals surface area contributed by atoms with Crippen molar-refractivity contribution in [1.82, 2.24) is 33.2 Å². The molecule has 0 amide bonds. The first-order valence-corrected chi connectivity index (χ1v) is 24.2. The van der Waals surface area contributed by atoms with E-state index in [0.717, 1.165) is 126 Å². The van der Waals surface area contributed by atoms with E-state index in [-0.39, 0.29) is 0 Å². The summed E-state index contributed by atoms with van der Waals surface area (Å²) >= 11 is 0. The van der Waals surface area contributed by atoms with Gasteiger partial charge in [0.1, 0.15) is 22.2 Å². The lowest BCUT2D eigenvalue weighted by Gasteiger charge is -2.14. The number of hydrogen-bond acceptors (Lipinski definition) is 5. The minimum Gasteiger partial charge on any atom is -0.454 e. The van der Waals surface area contributed by atoms with E-state index < -0.39 is 0 Å². The van der Waals surface area contributed by atoms with E-state index in [9.17, 15) is 0 Å². The van der Waals surface area contributed by atoms with E-state index in [1.54, 1.807) is 0 Å². The highest BCUT2D eigenvalue weighted by molar-refractivity contribution is 6.27. The number of fused-ring (bicyclic) bond motifs is 21. The van der Waals surface area contributed by atoms with Gasteiger partial charge in [0.25, 0.3) is 0 Å². The molecule has 17 rings (SSSR count). The van der Waals surface area contributed by atoms with Gasteiger partial charge in [-0.2, -0.15) is 15.0 Å². The predicted octanol–water partition coefficient (Wildman–Crippen LogP) is 16.1. The monoisotopic (exact) mass is 921 g/mol. The Morgan fingerprint density at radius 1 is 0.250 bits per heavy atom. The van der Waals surface area contributed by atoms with Gasteiger partial charge in [-0.1, -0.05) is 146 Å². The molecule has 334 valence electrons. The summed E-state index contributed by atoms with van der Waals surface area (Å²) in [4.78, 5) is 17.0. The molecule has 0 spiro atoms. The highest BCUT2D eigenvalue weighted by atomic mass is 16.3. The number of para-hydroxylation sites is 7. The van der Waals surface area contributed by atoms with Crippen LogP contribution in [0.25, 0.3) is 155 Å². The first kappa shape index (κ1) is 37.9. The summed E-state index contributed by atoms with van der Waals surface area (Å²) in [6.07, 6.45) is 0. The van der Waals surface area contributed by atoms with Gasteiger partial charge in [-0.15, -0.1) is 0 Å². The third-order valence-corrected chi connectivity index (χ3v) is 15.0. The zero-order chi connectivity index (χ0) is 46.8. The maximum Gasteiger partial charge on any atom is 0.241 e. The molecule has 0 aliphatic heterocycles. The summed E-state index contributed by atoms with van der Waals surface area (Å²) in [5, 5.41) is 12.9. The minimum atomic E-state index is 0.447. The Balaban J connectivity index is 1.06. The SMILES string of the molecule is c1ccc(-n2c3ccccc3c3ccc4c(c5ccccc5n4-c4nc(-n5c6ccccc6c6ccc7c8ccccc8oc7c65)nc(-n5c6ccccc6c6ccc7c8ccccc8oc7c65)n4)c32)cc1. The third kappa shape index (κ3) is 4.88. The van der Waals surface area contributed by atoms with Crippen molar-refractivity contribution in [2.24, 2.45) is 0 Å². The zero-order valence-corrected chi connectivity index (χ0v) is 38.2. The molecule has 0 unspecified atom stereocenters. The summed E-state index contributed by atoms with van der Waals surface area (Å²) in [7, 11) is 0. The van der Waals surface area contributed by atoms with Gasteiger partial charge in [-0.3, -0.25) is 13.7 Å². The van der Waals surface area contributed by atoms with Crippen molar-refractivity contribution in [2.75, 3.05) is 0 Å². The lowest BCUT2D eigenvalue weighted by atomic mass is 10.1. The molecule has 0 saturated heterocycles. The van der Waals surface area contributed by atoms with Crippen LogP contribution in [0.3, 0.4) is 0 Å². The van der Waals surface area contributed by atoms with Gasteiger partial charge in [0.15, 0.2) is 11.2 Å². The standard InChI is InChI=1S/C63H35N7O2/c1-2-16-36(17-3-1)67-48-24-10-4-18-37(48)42-34-35-52-55(56(42)67)47-23-7-13-27-51(47)68(52)61-64-62(69-49-25-11-5-19-38(49)43-30-32-45-40-21-8-14-28-53(40)71-59(45)57(43)69)66-63(65-61)70-50-26-12-6-20-39(50)44-31-33-46-41-22-9-15-29-54(41)72-60(46)58(44)70/h1-35H. The molecule has 9 nitrogen and oxygen atoms in total. The van der Waals surface area contributed by atoms with Crippen LogP contribution in [0, 0.1) is 0 Å². The Bertz CT molecular complexity index is 4970. The van der Waals surface area contributed by atoms with Crippen molar-refractivity contribution in [2.45, 2.75) is 0 Å². The average molecular weight is 922 g/mol. The quantitative estimate of drug-likeness (QED) is 0.176. The molecule has 0 bridgehead atoms. The fourth-order valence-electron chi connectivity index (χ4n) is 12.1. The van der Waals surface area contributed by atoms with Crippen LogP contribution in [0.4, 0.5) is 0 Å². The van der Waals surface area contributed by atoms with Crippen molar-refractivity contribution in [3.63, 3.8) is 0 Å². The normalized spacial score (nSPS) is 12.4. The Morgan fingerprint density at radius 3 is 1.15 bits per heavy atom. The van der Waals surface area contributed by atoms with Crippen LogP contribution in [0.5, 0.6) is 0 Å². The summed E-state index contributed by atoms with van der Waals surface area (Å²) in [6.45, 7) is 0. The summed E-state index contributed by atoms with van der Waals surface area (Å²) < 4.78 is 22.7. The molecular weight excluding hydrogens is 887 g/mol. The second-order valence-electron chi connectivity index (χ2n) is 18.7. The number of benzene rings is 10. The minimum absolute atomic E-state index is 0.447. The van der Waals surface area contributed by atoms with E-state index in [0.29, 0.717) is 17.8 Å². The van der Waals surface area contributed by atoms with Crippen LogP contribution in [0.2, 0.25) is 0 Å².